The molecule has 128 valence electrons. The number of hydrogen-bond donors (Lipinski definition) is 1. The summed E-state index contributed by atoms with van der Waals surface area (Å²) in [6.45, 7) is 0. The van der Waals surface area contributed by atoms with Crippen molar-refractivity contribution in [2.75, 3.05) is 0 Å². The third-order valence-corrected chi connectivity index (χ3v) is 5.41. The van der Waals surface area contributed by atoms with E-state index in [2.05, 4.69) is 11.6 Å². The first-order chi connectivity index (χ1) is 10.6. The summed E-state index contributed by atoms with van der Waals surface area (Å²) in [5, 5.41) is -10.1. The SMILES string of the molecule is O=C(NS(=O)C(F)(F)C(F)(F)Cl)C1(c2ccccc2)CCCC1. The van der Waals surface area contributed by atoms with Gasteiger partial charge < -0.3 is 0 Å². The lowest BCUT2D eigenvalue weighted by Crippen LogP contribution is -2.51. The molecule has 0 bridgehead atoms. The molecule has 0 spiro atoms. The van der Waals surface area contributed by atoms with Gasteiger partial charge in [0.2, 0.25) is 5.91 Å². The Bertz CT molecular complexity index is 601. The van der Waals surface area contributed by atoms with Crippen LogP contribution in [0.15, 0.2) is 30.3 Å². The second-order valence-corrected chi connectivity index (χ2v) is 7.10. The van der Waals surface area contributed by atoms with E-state index in [1.807, 2.05) is 0 Å². The van der Waals surface area contributed by atoms with Gasteiger partial charge in [-0.15, -0.1) is 0 Å². The van der Waals surface area contributed by atoms with Gasteiger partial charge in [-0.1, -0.05) is 43.2 Å². The van der Waals surface area contributed by atoms with Gasteiger partial charge in [-0.3, -0.25) is 9.52 Å². The Hall–Kier alpha value is -1.15. The lowest BCUT2D eigenvalue weighted by molar-refractivity contribution is -0.125. The van der Waals surface area contributed by atoms with Crippen molar-refractivity contribution < 1.29 is 26.6 Å². The lowest BCUT2D eigenvalue weighted by atomic mass is 9.78. The van der Waals surface area contributed by atoms with Crippen molar-refractivity contribution >= 4 is 28.5 Å². The molecule has 1 saturated carbocycles. The predicted molar refractivity (Wildman–Crippen MR) is 78.6 cm³/mol. The van der Waals surface area contributed by atoms with Crippen LogP contribution in [0, 0.1) is 0 Å². The quantitative estimate of drug-likeness (QED) is 0.633. The van der Waals surface area contributed by atoms with Crippen LogP contribution in [0.1, 0.15) is 31.2 Å². The Morgan fingerprint density at radius 3 is 2.13 bits per heavy atom. The minimum absolute atomic E-state index is 0.364. The molecular formula is C14H14ClF4NO2S. The van der Waals surface area contributed by atoms with Crippen molar-refractivity contribution in [2.24, 2.45) is 0 Å². The molecule has 9 heteroatoms. The highest BCUT2D eigenvalue weighted by Crippen LogP contribution is 2.43. The number of nitrogens with one attached hydrogen (secondary N) is 1. The fraction of sp³-hybridized carbons (Fsp3) is 0.500. The van der Waals surface area contributed by atoms with Crippen LogP contribution in [0.2, 0.25) is 0 Å². The first-order valence-corrected chi connectivity index (χ1v) is 8.37. The Labute approximate surface area is 138 Å². The van der Waals surface area contributed by atoms with Gasteiger partial charge in [0, 0.05) is 0 Å². The molecule has 1 amide bonds. The van der Waals surface area contributed by atoms with Crippen LogP contribution in [0.25, 0.3) is 0 Å². The van der Waals surface area contributed by atoms with E-state index in [1.165, 1.54) is 4.72 Å². The van der Waals surface area contributed by atoms with Gasteiger partial charge >= 0.3 is 10.6 Å². The highest BCUT2D eigenvalue weighted by atomic mass is 35.5. The third-order valence-electron chi connectivity index (χ3n) is 3.97. The van der Waals surface area contributed by atoms with Gasteiger partial charge in [0.15, 0.2) is 11.0 Å². The van der Waals surface area contributed by atoms with E-state index in [0.717, 1.165) is 0 Å². The van der Waals surface area contributed by atoms with Crippen LogP contribution in [-0.4, -0.2) is 20.8 Å². The standard InChI is InChI=1S/C14H14ClF4NO2S/c15-13(16,17)14(18,19)23(22)20-11(21)12(8-4-5-9-12)10-6-2-1-3-7-10/h1-3,6-7H,4-5,8-9H2,(H,20,21). The Balaban J connectivity index is 2.26. The van der Waals surface area contributed by atoms with Crippen LogP contribution in [-0.2, 0) is 21.2 Å². The van der Waals surface area contributed by atoms with Crippen LogP contribution in [0.4, 0.5) is 17.6 Å². The smallest absolute Gasteiger partial charge is 0.273 e. The Kier molecular flexibility index (Phi) is 5.06. The molecule has 0 aromatic heterocycles. The van der Waals surface area contributed by atoms with E-state index in [4.69, 9.17) is 0 Å². The number of halogens is 5. The summed E-state index contributed by atoms with van der Waals surface area (Å²) in [5.74, 6) is -0.958. The first kappa shape index (κ1) is 18.2. The highest BCUT2D eigenvalue weighted by molar-refractivity contribution is 7.84. The molecule has 3 nitrogen and oxygen atoms in total. The van der Waals surface area contributed by atoms with E-state index in [9.17, 15) is 26.6 Å². The van der Waals surface area contributed by atoms with Crippen LogP contribution >= 0.6 is 11.6 Å². The van der Waals surface area contributed by atoms with E-state index in [-0.39, 0.29) is 0 Å². The van der Waals surface area contributed by atoms with Gasteiger partial charge in [0.1, 0.15) is 0 Å². The number of rotatable bonds is 5. The summed E-state index contributed by atoms with van der Waals surface area (Å²) in [4.78, 5) is 12.4. The normalized spacial score (nSPS) is 19.3. The van der Waals surface area contributed by atoms with Crippen molar-refractivity contribution in [1.29, 1.82) is 0 Å². The van der Waals surface area contributed by atoms with E-state index >= 15 is 0 Å². The van der Waals surface area contributed by atoms with Gasteiger partial charge in [-0.05, 0) is 30.0 Å². The highest BCUT2D eigenvalue weighted by Gasteiger charge is 2.61. The van der Waals surface area contributed by atoms with Crippen molar-refractivity contribution in [1.82, 2.24) is 4.72 Å². The van der Waals surface area contributed by atoms with E-state index in [1.54, 1.807) is 30.3 Å². The molecule has 23 heavy (non-hydrogen) atoms. The fourth-order valence-corrected chi connectivity index (χ4v) is 3.65. The third kappa shape index (κ3) is 3.38. The molecule has 1 aromatic carbocycles. The molecule has 0 aliphatic heterocycles. The summed E-state index contributed by atoms with van der Waals surface area (Å²) in [5.41, 5.74) is -0.567. The topological polar surface area (TPSA) is 46.2 Å². The van der Waals surface area contributed by atoms with Crippen molar-refractivity contribution in [2.45, 2.75) is 41.7 Å². The molecule has 0 heterocycles. The number of hydrogen-bond acceptors (Lipinski definition) is 2. The monoisotopic (exact) mass is 371 g/mol. The lowest BCUT2D eigenvalue weighted by Gasteiger charge is -2.29. The van der Waals surface area contributed by atoms with Gasteiger partial charge in [-0.25, -0.2) is 4.21 Å². The molecule has 1 fully saturated rings. The fourth-order valence-electron chi connectivity index (χ4n) is 2.73. The summed E-state index contributed by atoms with van der Waals surface area (Å²) in [6.07, 6.45) is 2.08. The maximum Gasteiger partial charge on any atom is 0.415 e. The summed E-state index contributed by atoms with van der Waals surface area (Å²) >= 11 is 4.29. The predicted octanol–water partition coefficient (Wildman–Crippen LogP) is 3.70. The van der Waals surface area contributed by atoms with Crippen molar-refractivity contribution in [3.8, 4) is 0 Å². The van der Waals surface area contributed by atoms with Crippen molar-refractivity contribution in [3.63, 3.8) is 0 Å². The summed E-state index contributed by atoms with van der Waals surface area (Å²) in [6, 6.07) is 8.40. The molecule has 1 atom stereocenters. The van der Waals surface area contributed by atoms with Gasteiger partial charge in [-0.2, -0.15) is 17.6 Å². The minimum atomic E-state index is -5.07. The molecule has 1 unspecified atom stereocenters. The average molecular weight is 372 g/mol. The molecule has 1 aliphatic carbocycles. The molecule has 0 saturated heterocycles. The van der Waals surface area contributed by atoms with Gasteiger partial charge in [0.05, 0.1) is 5.41 Å². The second kappa shape index (κ2) is 6.39. The Morgan fingerprint density at radius 1 is 1.13 bits per heavy atom. The number of carbonyl (C=O) groups excluding carboxylic acids is 1. The zero-order chi connectivity index (χ0) is 17.3. The van der Waals surface area contributed by atoms with Crippen LogP contribution in [0.3, 0.4) is 0 Å². The van der Waals surface area contributed by atoms with E-state index in [0.29, 0.717) is 31.2 Å². The zero-order valence-electron chi connectivity index (χ0n) is 11.8. The molecular weight excluding hydrogens is 358 g/mol. The second-order valence-electron chi connectivity index (χ2n) is 5.37. The van der Waals surface area contributed by atoms with Gasteiger partial charge in [0.25, 0.3) is 0 Å². The molecule has 1 aliphatic rings. The minimum Gasteiger partial charge on any atom is -0.273 e. The van der Waals surface area contributed by atoms with Crippen LogP contribution in [0.5, 0.6) is 0 Å². The number of alkyl halides is 5. The molecule has 2 rings (SSSR count). The van der Waals surface area contributed by atoms with Crippen molar-refractivity contribution in [3.05, 3.63) is 35.9 Å². The zero-order valence-corrected chi connectivity index (χ0v) is 13.4. The number of carbonyl (C=O) groups is 1. The number of benzene rings is 1. The average Bonchev–Trinajstić information content (AvgIpc) is 2.97. The summed E-state index contributed by atoms with van der Waals surface area (Å²) in [7, 11) is -3.64. The summed E-state index contributed by atoms with van der Waals surface area (Å²) < 4.78 is 65.0. The Morgan fingerprint density at radius 2 is 1.65 bits per heavy atom. The molecule has 0 radical (unpaired) electrons. The first-order valence-electron chi connectivity index (χ1n) is 6.84. The number of amides is 1. The van der Waals surface area contributed by atoms with Crippen LogP contribution < -0.4 is 4.72 Å². The van der Waals surface area contributed by atoms with E-state index < -0.39 is 32.9 Å². The molecule has 1 N–H and O–H groups in total. The maximum absolute atomic E-state index is 13.3. The maximum atomic E-state index is 13.3. The largest absolute Gasteiger partial charge is 0.415 e. The molecule has 1 aromatic rings.